The first-order valence-electron chi connectivity index (χ1n) is 5.00. The summed E-state index contributed by atoms with van der Waals surface area (Å²) < 4.78 is 42.8. The third kappa shape index (κ3) is 3.03. The highest BCUT2D eigenvalue weighted by molar-refractivity contribution is 6.00. The van der Waals surface area contributed by atoms with Crippen molar-refractivity contribution in [2.45, 2.75) is 25.6 Å². The number of halogens is 3. The summed E-state index contributed by atoms with van der Waals surface area (Å²) in [5.41, 5.74) is -1.43. The molecule has 0 saturated heterocycles. The number of hydrogen-bond donors (Lipinski definition) is 0. The summed E-state index contributed by atoms with van der Waals surface area (Å²) in [6.45, 7) is 1.66. The van der Waals surface area contributed by atoms with Gasteiger partial charge in [-0.3, -0.25) is 9.78 Å². The Balaban J connectivity index is 3.18. The smallest absolute Gasteiger partial charge is 0.373 e. The van der Waals surface area contributed by atoms with Crippen LogP contribution in [-0.2, 0) is 10.9 Å². The van der Waals surface area contributed by atoms with Crippen LogP contribution >= 0.6 is 0 Å². The lowest BCUT2D eigenvalue weighted by molar-refractivity contribution is -0.138. The Morgan fingerprint density at radius 2 is 2.18 bits per heavy atom. The first kappa shape index (κ1) is 13.6. The highest BCUT2D eigenvalue weighted by Crippen LogP contribution is 2.32. The molecule has 0 amide bonds. The zero-order chi connectivity index (χ0) is 13.1. The maximum Gasteiger partial charge on any atom is 0.417 e. The van der Waals surface area contributed by atoms with Crippen LogP contribution in [0.2, 0.25) is 0 Å². The number of ether oxygens (including phenoxy) is 1. The molecule has 17 heavy (non-hydrogen) atoms. The molecule has 1 aromatic rings. The highest BCUT2D eigenvalue weighted by Gasteiger charge is 2.36. The van der Waals surface area contributed by atoms with Crippen molar-refractivity contribution in [3.63, 3.8) is 0 Å². The topological polar surface area (TPSA) is 39.2 Å². The fourth-order valence-corrected chi connectivity index (χ4v) is 1.47. The monoisotopic (exact) mass is 247 g/mol. The molecule has 0 aliphatic heterocycles. The molecular formula is C11H12F3NO2. The summed E-state index contributed by atoms with van der Waals surface area (Å²) in [6, 6.07) is 0.787. The SMILES string of the molecule is CCC(OC)C(=O)c1cnccc1C(F)(F)F. The van der Waals surface area contributed by atoms with Crippen LogP contribution in [-0.4, -0.2) is 24.0 Å². The number of aromatic nitrogens is 1. The van der Waals surface area contributed by atoms with Crippen molar-refractivity contribution in [3.05, 3.63) is 29.6 Å². The molecule has 1 unspecified atom stereocenters. The second-order valence-electron chi connectivity index (χ2n) is 3.42. The van der Waals surface area contributed by atoms with Crippen LogP contribution in [0.4, 0.5) is 13.2 Å². The lowest BCUT2D eigenvalue weighted by Crippen LogP contribution is -2.25. The minimum absolute atomic E-state index is 0.307. The Bertz CT molecular complexity index is 400. The van der Waals surface area contributed by atoms with E-state index < -0.39 is 29.2 Å². The van der Waals surface area contributed by atoms with Crippen molar-refractivity contribution < 1.29 is 22.7 Å². The van der Waals surface area contributed by atoms with E-state index in [1.165, 1.54) is 7.11 Å². The largest absolute Gasteiger partial charge is 0.417 e. The van der Waals surface area contributed by atoms with Gasteiger partial charge in [0, 0.05) is 19.5 Å². The van der Waals surface area contributed by atoms with Crippen molar-refractivity contribution in [1.29, 1.82) is 0 Å². The van der Waals surface area contributed by atoms with E-state index in [0.717, 1.165) is 18.5 Å². The Morgan fingerprint density at radius 3 is 2.65 bits per heavy atom. The van der Waals surface area contributed by atoms with E-state index in [0.29, 0.717) is 6.42 Å². The van der Waals surface area contributed by atoms with Gasteiger partial charge in [-0.05, 0) is 12.5 Å². The van der Waals surface area contributed by atoms with Gasteiger partial charge in [0.25, 0.3) is 0 Å². The Labute approximate surface area is 96.6 Å². The fourth-order valence-electron chi connectivity index (χ4n) is 1.47. The summed E-state index contributed by atoms with van der Waals surface area (Å²) in [7, 11) is 1.29. The predicted octanol–water partition coefficient (Wildman–Crippen LogP) is 2.71. The fraction of sp³-hybridized carbons (Fsp3) is 0.455. The van der Waals surface area contributed by atoms with E-state index in [2.05, 4.69) is 4.98 Å². The van der Waals surface area contributed by atoms with Crippen LogP contribution in [0, 0.1) is 0 Å². The summed E-state index contributed by atoms with van der Waals surface area (Å²) in [6.07, 6.45) is -3.21. The average molecular weight is 247 g/mol. The molecule has 0 aromatic carbocycles. The number of methoxy groups -OCH3 is 1. The van der Waals surface area contributed by atoms with Gasteiger partial charge in [0.2, 0.25) is 0 Å². The van der Waals surface area contributed by atoms with Crippen molar-refractivity contribution in [2.75, 3.05) is 7.11 Å². The molecule has 0 spiro atoms. The van der Waals surface area contributed by atoms with Crippen molar-refractivity contribution in [1.82, 2.24) is 4.98 Å². The van der Waals surface area contributed by atoms with E-state index >= 15 is 0 Å². The summed E-state index contributed by atoms with van der Waals surface area (Å²) in [4.78, 5) is 15.4. The number of rotatable bonds is 4. The molecule has 94 valence electrons. The van der Waals surface area contributed by atoms with Gasteiger partial charge in [0.1, 0.15) is 6.10 Å². The van der Waals surface area contributed by atoms with E-state index in [1.54, 1.807) is 6.92 Å². The molecule has 0 aliphatic carbocycles. The van der Waals surface area contributed by atoms with Crippen LogP contribution in [0.15, 0.2) is 18.5 Å². The van der Waals surface area contributed by atoms with Gasteiger partial charge < -0.3 is 4.74 Å². The maximum absolute atomic E-state index is 12.7. The van der Waals surface area contributed by atoms with Crippen molar-refractivity contribution in [3.8, 4) is 0 Å². The van der Waals surface area contributed by atoms with E-state index in [1.807, 2.05) is 0 Å². The molecule has 0 bridgehead atoms. The lowest BCUT2D eigenvalue weighted by Gasteiger charge is -2.15. The number of carbonyl (C=O) groups is 1. The second-order valence-corrected chi connectivity index (χ2v) is 3.42. The quantitative estimate of drug-likeness (QED) is 0.768. The third-order valence-electron chi connectivity index (χ3n) is 2.34. The lowest BCUT2D eigenvalue weighted by atomic mass is 10.0. The molecule has 1 aromatic heterocycles. The van der Waals surface area contributed by atoms with Gasteiger partial charge in [-0.1, -0.05) is 6.92 Å². The zero-order valence-corrected chi connectivity index (χ0v) is 9.41. The molecular weight excluding hydrogens is 235 g/mol. The molecule has 0 N–H and O–H groups in total. The van der Waals surface area contributed by atoms with Crippen molar-refractivity contribution >= 4 is 5.78 Å². The number of hydrogen-bond acceptors (Lipinski definition) is 3. The first-order valence-corrected chi connectivity index (χ1v) is 5.00. The average Bonchev–Trinajstić information content (AvgIpc) is 2.29. The molecule has 0 saturated carbocycles. The summed E-state index contributed by atoms with van der Waals surface area (Å²) in [5, 5.41) is 0. The highest BCUT2D eigenvalue weighted by atomic mass is 19.4. The van der Waals surface area contributed by atoms with Crippen LogP contribution in [0.25, 0.3) is 0 Å². The summed E-state index contributed by atoms with van der Waals surface area (Å²) in [5.74, 6) is -0.699. The van der Waals surface area contributed by atoms with Crippen molar-refractivity contribution in [2.24, 2.45) is 0 Å². The Morgan fingerprint density at radius 1 is 1.53 bits per heavy atom. The standard InChI is InChI=1S/C11H12F3NO2/c1-3-9(17-2)10(16)7-6-15-5-4-8(7)11(12,13)14/h4-6,9H,3H2,1-2H3. The number of ketones is 1. The maximum atomic E-state index is 12.7. The van der Waals surface area contributed by atoms with Gasteiger partial charge in [-0.2, -0.15) is 13.2 Å². The Kier molecular flexibility index (Phi) is 4.22. The van der Waals surface area contributed by atoms with Gasteiger partial charge in [0.15, 0.2) is 5.78 Å². The third-order valence-corrected chi connectivity index (χ3v) is 2.34. The van der Waals surface area contributed by atoms with Gasteiger partial charge in [-0.15, -0.1) is 0 Å². The molecule has 0 radical (unpaired) electrons. The van der Waals surface area contributed by atoms with Gasteiger partial charge in [-0.25, -0.2) is 0 Å². The molecule has 1 rings (SSSR count). The minimum atomic E-state index is -4.57. The van der Waals surface area contributed by atoms with Crippen LogP contribution < -0.4 is 0 Å². The first-order chi connectivity index (χ1) is 7.91. The molecule has 1 atom stereocenters. The molecule has 1 heterocycles. The Hall–Kier alpha value is -1.43. The number of Topliss-reactive ketones (excluding diaryl/α,β-unsaturated/α-hetero) is 1. The second kappa shape index (κ2) is 5.27. The summed E-state index contributed by atoms with van der Waals surface area (Å²) >= 11 is 0. The molecule has 0 aliphatic rings. The number of pyridine rings is 1. The van der Waals surface area contributed by atoms with Gasteiger partial charge >= 0.3 is 6.18 Å². The van der Waals surface area contributed by atoms with Crippen LogP contribution in [0.3, 0.4) is 0 Å². The number of alkyl halides is 3. The molecule has 0 fully saturated rings. The van der Waals surface area contributed by atoms with Crippen LogP contribution in [0.5, 0.6) is 0 Å². The van der Waals surface area contributed by atoms with E-state index in [9.17, 15) is 18.0 Å². The molecule has 3 nitrogen and oxygen atoms in total. The number of nitrogens with zero attached hydrogens (tertiary/aromatic N) is 1. The van der Waals surface area contributed by atoms with E-state index in [4.69, 9.17) is 4.74 Å². The van der Waals surface area contributed by atoms with Crippen LogP contribution in [0.1, 0.15) is 29.3 Å². The normalized spacial score (nSPS) is 13.5. The van der Waals surface area contributed by atoms with Gasteiger partial charge in [0.05, 0.1) is 11.1 Å². The predicted molar refractivity (Wildman–Crippen MR) is 54.7 cm³/mol. The zero-order valence-electron chi connectivity index (χ0n) is 9.41. The minimum Gasteiger partial charge on any atom is -0.373 e. The molecule has 6 heteroatoms. The number of carbonyl (C=O) groups excluding carboxylic acids is 1. The van der Waals surface area contributed by atoms with E-state index in [-0.39, 0.29) is 0 Å².